The second-order valence-electron chi connectivity index (χ2n) is 6.31. The van der Waals surface area contributed by atoms with Gasteiger partial charge in [-0.1, -0.05) is 17.7 Å². The van der Waals surface area contributed by atoms with Crippen molar-refractivity contribution in [1.82, 2.24) is 4.90 Å². The summed E-state index contributed by atoms with van der Waals surface area (Å²) < 4.78 is 44.8. The number of likely N-dealkylation sites (tertiary alicyclic amines) is 1. The van der Waals surface area contributed by atoms with Crippen LogP contribution in [0.15, 0.2) is 18.2 Å². The van der Waals surface area contributed by atoms with E-state index in [1.165, 1.54) is 0 Å². The molecule has 1 aromatic rings. The van der Waals surface area contributed by atoms with Gasteiger partial charge in [-0.05, 0) is 38.3 Å². The molecule has 2 N–H and O–H groups in total. The van der Waals surface area contributed by atoms with Crippen molar-refractivity contribution in [3.05, 3.63) is 29.3 Å². The van der Waals surface area contributed by atoms with E-state index in [0.29, 0.717) is 5.75 Å². The van der Waals surface area contributed by atoms with Gasteiger partial charge in [0.25, 0.3) is 0 Å². The van der Waals surface area contributed by atoms with E-state index in [0.717, 1.165) is 16.0 Å². The Morgan fingerprint density at radius 2 is 2.04 bits per heavy atom. The van der Waals surface area contributed by atoms with Crippen LogP contribution in [-0.4, -0.2) is 42.2 Å². The van der Waals surface area contributed by atoms with E-state index >= 15 is 0 Å². The van der Waals surface area contributed by atoms with Crippen molar-refractivity contribution in [2.45, 2.75) is 51.4 Å². The predicted octanol–water partition coefficient (Wildman–Crippen LogP) is 2.95. The fourth-order valence-corrected chi connectivity index (χ4v) is 2.97. The molecule has 0 bridgehead atoms. The Labute approximate surface area is 139 Å². The van der Waals surface area contributed by atoms with Gasteiger partial charge in [0.05, 0.1) is 13.0 Å². The first kappa shape index (κ1) is 18.6. The minimum Gasteiger partial charge on any atom is -0.493 e. The number of nitrogens with two attached hydrogens (primary N) is 1. The molecule has 1 aromatic carbocycles. The van der Waals surface area contributed by atoms with E-state index in [-0.39, 0.29) is 32.4 Å². The zero-order valence-corrected chi connectivity index (χ0v) is 13.9. The standard InChI is InChI=1S/C17H23F3N2O2/c1-11-3-5-14(12(2)9-11)24-8-7-16(23)22-10-13(21)4-6-15(22)17(18,19)20/h3,5,9,13,15H,4,6-8,10,21H2,1-2H3. The first-order chi connectivity index (χ1) is 11.2. The molecule has 0 radical (unpaired) electrons. The van der Waals surface area contributed by atoms with E-state index in [9.17, 15) is 18.0 Å². The predicted molar refractivity (Wildman–Crippen MR) is 84.8 cm³/mol. The number of piperidine rings is 1. The molecule has 0 spiro atoms. The van der Waals surface area contributed by atoms with E-state index in [1.54, 1.807) is 6.07 Å². The highest BCUT2D eigenvalue weighted by Crippen LogP contribution is 2.32. The van der Waals surface area contributed by atoms with Crippen LogP contribution in [0.5, 0.6) is 5.75 Å². The number of nitrogens with zero attached hydrogens (tertiary/aromatic N) is 1. The molecule has 24 heavy (non-hydrogen) atoms. The molecular weight excluding hydrogens is 321 g/mol. The van der Waals surface area contributed by atoms with Crippen molar-refractivity contribution >= 4 is 5.91 Å². The molecule has 1 aliphatic heterocycles. The smallest absolute Gasteiger partial charge is 0.408 e. The van der Waals surface area contributed by atoms with Gasteiger partial charge in [-0.2, -0.15) is 13.2 Å². The second kappa shape index (κ2) is 7.42. The van der Waals surface area contributed by atoms with Crippen LogP contribution in [0.4, 0.5) is 13.2 Å². The van der Waals surface area contributed by atoms with Crippen LogP contribution in [0, 0.1) is 13.8 Å². The van der Waals surface area contributed by atoms with Crippen molar-refractivity contribution in [3.63, 3.8) is 0 Å². The van der Waals surface area contributed by atoms with Gasteiger partial charge in [0.2, 0.25) is 5.91 Å². The lowest BCUT2D eigenvalue weighted by molar-refractivity contribution is -0.197. The van der Waals surface area contributed by atoms with Crippen LogP contribution >= 0.6 is 0 Å². The molecule has 1 saturated heterocycles. The summed E-state index contributed by atoms with van der Waals surface area (Å²) in [6.07, 6.45) is -4.40. The molecule has 7 heteroatoms. The number of halogens is 3. The van der Waals surface area contributed by atoms with Crippen molar-refractivity contribution in [2.24, 2.45) is 5.73 Å². The first-order valence-electron chi connectivity index (χ1n) is 8.00. The summed E-state index contributed by atoms with van der Waals surface area (Å²) in [6, 6.07) is 3.47. The summed E-state index contributed by atoms with van der Waals surface area (Å²) in [5, 5.41) is 0. The van der Waals surface area contributed by atoms with Gasteiger partial charge in [-0.15, -0.1) is 0 Å². The minimum atomic E-state index is -4.43. The molecule has 1 aliphatic rings. The second-order valence-corrected chi connectivity index (χ2v) is 6.31. The van der Waals surface area contributed by atoms with Crippen molar-refractivity contribution < 1.29 is 22.7 Å². The largest absolute Gasteiger partial charge is 0.493 e. The molecule has 0 saturated carbocycles. The van der Waals surface area contributed by atoms with Crippen LogP contribution < -0.4 is 10.5 Å². The number of hydrogen-bond acceptors (Lipinski definition) is 3. The van der Waals surface area contributed by atoms with Crippen LogP contribution in [-0.2, 0) is 4.79 Å². The average molecular weight is 344 g/mol. The zero-order chi connectivity index (χ0) is 17.9. The third kappa shape index (κ3) is 4.63. The maximum atomic E-state index is 13.1. The normalized spacial score (nSPS) is 21.7. The number of alkyl halides is 3. The highest BCUT2D eigenvalue weighted by molar-refractivity contribution is 5.77. The summed E-state index contributed by atoms with van der Waals surface area (Å²) >= 11 is 0. The van der Waals surface area contributed by atoms with E-state index < -0.39 is 24.2 Å². The van der Waals surface area contributed by atoms with Gasteiger partial charge < -0.3 is 15.4 Å². The molecule has 1 amide bonds. The monoisotopic (exact) mass is 344 g/mol. The Morgan fingerprint density at radius 3 is 2.67 bits per heavy atom. The van der Waals surface area contributed by atoms with Crippen LogP contribution in [0.1, 0.15) is 30.4 Å². The first-order valence-corrected chi connectivity index (χ1v) is 8.00. The lowest BCUT2D eigenvalue weighted by Gasteiger charge is -2.39. The quantitative estimate of drug-likeness (QED) is 0.914. The van der Waals surface area contributed by atoms with Crippen molar-refractivity contribution in [1.29, 1.82) is 0 Å². The molecule has 0 aliphatic carbocycles. The van der Waals surface area contributed by atoms with Gasteiger partial charge in [-0.3, -0.25) is 4.79 Å². The van der Waals surface area contributed by atoms with Gasteiger partial charge >= 0.3 is 6.18 Å². The Hall–Kier alpha value is -1.76. The van der Waals surface area contributed by atoms with Crippen molar-refractivity contribution in [2.75, 3.05) is 13.2 Å². The zero-order valence-electron chi connectivity index (χ0n) is 13.9. The highest BCUT2D eigenvalue weighted by atomic mass is 19.4. The van der Waals surface area contributed by atoms with Crippen molar-refractivity contribution in [3.8, 4) is 5.75 Å². The summed E-state index contributed by atoms with van der Waals surface area (Å²) in [5.41, 5.74) is 7.75. The fourth-order valence-electron chi connectivity index (χ4n) is 2.97. The van der Waals surface area contributed by atoms with Gasteiger partial charge in [0.1, 0.15) is 11.8 Å². The molecule has 0 aromatic heterocycles. The summed E-state index contributed by atoms with van der Waals surface area (Å²) in [7, 11) is 0. The number of hydrogen-bond donors (Lipinski definition) is 1. The maximum absolute atomic E-state index is 13.1. The number of ether oxygens (including phenoxy) is 1. The molecular formula is C17H23F3N2O2. The third-order valence-electron chi connectivity index (χ3n) is 4.22. The van der Waals surface area contributed by atoms with E-state index in [4.69, 9.17) is 10.5 Å². The maximum Gasteiger partial charge on any atom is 0.408 e. The lowest BCUT2D eigenvalue weighted by Crippen LogP contribution is -2.56. The topological polar surface area (TPSA) is 55.6 Å². The number of amides is 1. The summed E-state index contributed by atoms with van der Waals surface area (Å²) in [4.78, 5) is 13.1. The van der Waals surface area contributed by atoms with Crippen LogP contribution in [0.2, 0.25) is 0 Å². The Balaban J connectivity index is 1.94. The molecule has 4 nitrogen and oxygen atoms in total. The molecule has 134 valence electrons. The van der Waals surface area contributed by atoms with Gasteiger partial charge in [0.15, 0.2) is 0 Å². The number of rotatable bonds is 4. The Kier molecular flexibility index (Phi) is 5.74. The highest BCUT2D eigenvalue weighted by Gasteiger charge is 2.47. The van der Waals surface area contributed by atoms with E-state index in [1.807, 2.05) is 26.0 Å². The molecule has 2 unspecified atom stereocenters. The molecule has 1 fully saturated rings. The van der Waals surface area contributed by atoms with Gasteiger partial charge in [0, 0.05) is 12.6 Å². The summed E-state index contributed by atoms with van der Waals surface area (Å²) in [6.45, 7) is 3.82. The number of benzene rings is 1. The third-order valence-corrected chi connectivity index (χ3v) is 4.22. The lowest BCUT2D eigenvalue weighted by atomic mass is 9.98. The molecule has 2 atom stereocenters. The SMILES string of the molecule is Cc1ccc(OCCC(=O)N2CC(N)CCC2C(F)(F)F)c(C)c1. The van der Waals surface area contributed by atoms with Crippen LogP contribution in [0.25, 0.3) is 0 Å². The Morgan fingerprint density at radius 1 is 1.33 bits per heavy atom. The van der Waals surface area contributed by atoms with Crippen LogP contribution in [0.3, 0.4) is 0 Å². The van der Waals surface area contributed by atoms with E-state index in [2.05, 4.69) is 0 Å². The average Bonchev–Trinajstić information content (AvgIpc) is 2.48. The number of aryl methyl sites for hydroxylation is 2. The van der Waals surface area contributed by atoms with Gasteiger partial charge in [-0.25, -0.2) is 0 Å². The minimum absolute atomic E-state index is 0.0407. The number of carbonyl (C=O) groups excluding carboxylic acids is 1. The fraction of sp³-hybridized carbons (Fsp3) is 0.588. The number of carbonyl (C=O) groups is 1. The molecule has 1 heterocycles. The molecule has 2 rings (SSSR count). The Bertz CT molecular complexity index is 590. The summed E-state index contributed by atoms with van der Waals surface area (Å²) in [5.74, 6) is 0.0633.